The smallest absolute Gasteiger partial charge is 0.247 e. The van der Waals surface area contributed by atoms with E-state index in [0.29, 0.717) is 23.3 Å². The number of nitrogens with one attached hydrogen (secondary N) is 1. The van der Waals surface area contributed by atoms with E-state index in [4.69, 9.17) is 16.0 Å². The van der Waals surface area contributed by atoms with Crippen molar-refractivity contribution in [3.8, 4) is 11.5 Å². The Balaban J connectivity index is 2.02. The summed E-state index contributed by atoms with van der Waals surface area (Å²) in [5, 5.41) is 11.2. The molecule has 0 atom stereocenters. The Morgan fingerprint density at radius 3 is 2.70 bits per heavy atom. The second kappa shape index (κ2) is 6.49. The van der Waals surface area contributed by atoms with E-state index in [1.807, 2.05) is 12.1 Å². The van der Waals surface area contributed by atoms with E-state index in [1.54, 1.807) is 31.1 Å². The van der Waals surface area contributed by atoms with Crippen molar-refractivity contribution in [1.29, 1.82) is 0 Å². The second-order valence-corrected chi connectivity index (χ2v) is 4.79. The zero-order chi connectivity index (χ0) is 14.5. The predicted molar refractivity (Wildman–Crippen MR) is 75.1 cm³/mol. The fourth-order valence-electron chi connectivity index (χ4n) is 1.64. The summed E-state index contributed by atoms with van der Waals surface area (Å²) in [6.07, 6.45) is 0. The molecule has 1 amide bonds. The molecule has 0 saturated carbocycles. The molecule has 2 aromatic rings. The average Bonchev–Trinajstić information content (AvgIpc) is 2.87. The molecule has 106 valence electrons. The van der Waals surface area contributed by atoms with Gasteiger partial charge in [0, 0.05) is 17.6 Å². The van der Waals surface area contributed by atoms with Crippen molar-refractivity contribution in [2.45, 2.75) is 6.54 Å². The highest BCUT2D eigenvalue weighted by Crippen LogP contribution is 2.20. The summed E-state index contributed by atoms with van der Waals surface area (Å²) in [6, 6.07) is 7.15. The third-order valence-electron chi connectivity index (χ3n) is 2.66. The van der Waals surface area contributed by atoms with Crippen LogP contribution in [0.15, 0.2) is 28.7 Å². The Labute approximate surface area is 121 Å². The SMILES string of the molecule is CNC(=O)CN(C)Cc1nnc(-c2ccc(Cl)cc2)o1. The number of carbonyl (C=O) groups is 1. The van der Waals surface area contributed by atoms with Crippen LogP contribution in [0.25, 0.3) is 11.5 Å². The largest absolute Gasteiger partial charge is 0.419 e. The fraction of sp³-hybridized carbons (Fsp3) is 0.308. The molecular weight excluding hydrogens is 280 g/mol. The Bertz CT molecular complexity index is 582. The minimum Gasteiger partial charge on any atom is -0.419 e. The van der Waals surface area contributed by atoms with Crippen LogP contribution in [-0.2, 0) is 11.3 Å². The van der Waals surface area contributed by atoms with Crippen LogP contribution < -0.4 is 5.32 Å². The number of amides is 1. The van der Waals surface area contributed by atoms with Crippen LogP contribution in [0.3, 0.4) is 0 Å². The van der Waals surface area contributed by atoms with Gasteiger partial charge in [0.2, 0.25) is 17.7 Å². The maximum Gasteiger partial charge on any atom is 0.247 e. The summed E-state index contributed by atoms with van der Waals surface area (Å²) in [5.41, 5.74) is 0.808. The molecule has 1 N–H and O–H groups in total. The summed E-state index contributed by atoms with van der Waals surface area (Å²) in [5.74, 6) is 0.830. The number of hydrogen-bond donors (Lipinski definition) is 1. The first-order valence-electron chi connectivity index (χ1n) is 6.06. The Morgan fingerprint density at radius 1 is 1.35 bits per heavy atom. The highest BCUT2D eigenvalue weighted by atomic mass is 35.5. The van der Waals surface area contributed by atoms with Gasteiger partial charge in [0.15, 0.2) is 0 Å². The molecule has 6 nitrogen and oxygen atoms in total. The highest BCUT2D eigenvalue weighted by Gasteiger charge is 2.12. The first kappa shape index (κ1) is 14.5. The zero-order valence-electron chi connectivity index (χ0n) is 11.3. The van der Waals surface area contributed by atoms with Crippen molar-refractivity contribution >= 4 is 17.5 Å². The first-order chi connectivity index (χ1) is 9.58. The molecule has 0 bridgehead atoms. The van der Waals surface area contributed by atoms with Crippen LogP contribution in [0.5, 0.6) is 0 Å². The molecular formula is C13H15ClN4O2. The van der Waals surface area contributed by atoms with Crippen molar-refractivity contribution < 1.29 is 9.21 Å². The lowest BCUT2D eigenvalue weighted by Crippen LogP contribution is -2.32. The third-order valence-corrected chi connectivity index (χ3v) is 2.91. The molecule has 2 rings (SSSR count). The van der Waals surface area contributed by atoms with Crippen molar-refractivity contribution in [1.82, 2.24) is 20.4 Å². The molecule has 0 spiro atoms. The van der Waals surface area contributed by atoms with Crippen molar-refractivity contribution in [3.05, 3.63) is 35.2 Å². The van der Waals surface area contributed by atoms with Gasteiger partial charge in [0.25, 0.3) is 0 Å². The van der Waals surface area contributed by atoms with E-state index in [2.05, 4.69) is 15.5 Å². The van der Waals surface area contributed by atoms with Crippen LogP contribution in [-0.4, -0.2) is 41.6 Å². The fourth-order valence-corrected chi connectivity index (χ4v) is 1.76. The van der Waals surface area contributed by atoms with E-state index in [0.717, 1.165) is 5.56 Å². The van der Waals surface area contributed by atoms with Crippen LogP contribution in [0, 0.1) is 0 Å². The van der Waals surface area contributed by atoms with E-state index < -0.39 is 0 Å². The van der Waals surface area contributed by atoms with Gasteiger partial charge in [-0.3, -0.25) is 9.69 Å². The average molecular weight is 295 g/mol. The van der Waals surface area contributed by atoms with Gasteiger partial charge in [-0.1, -0.05) is 11.6 Å². The normalized spacial score (nSPS) is 10.8. The van der Waals surface area contributed by atoms with Crippen LogP contribution in [0.1, 0.15) is 5.89 Å². The molecule has 7 heteroatoms. The lowest BCUT2D eigenvalue weighted by molar-refractivity contribution is -0.121. The lowest BCUT2D eigenvalue weighted by atomic mass is 10.2. The molecule has 0 fully saturated rings. The minimum atomic E-state index is -0.0649. The van der Waals surface area contributed by atoms with Crippen molar-refractivity contribution in [3.63, 3.8) is 0 Å². The molecule has 0 saturated heterocycles. The van der Waals surface area contributed by atoms with Crippen LogP contribution >= 0.6 is 11.6 Å². The van der Waals surface area contributed by atoms with Crippen molar-refractivity contribution in [2.75, 3.05) is 20.6 Å². The molecule has 0 aliphatic carbocycles. The Morgan fingerprint density at radius 2 is 2.05 bits per heavy atom. The van der Waals surface area contributed by atoms with E-state index in [9.17, 15) is 4.79 Å². The third kappa shape index (κ3) is 3.79. The summed E-state index contributed by atoms with van der Waals surface area (Å²) in [7, 11) is 3.41. The number of likely N-dealkylation sites (N-methyl/N-ethyl adjacent to an activating group) is 2. The van der Waals surface area contributed by atoms with Crippen LogP contribution in [0.4, 0.5) is 0 Å². The molecule has 1 heterocycles. The number of halogens is 1. The number of aromatic nitrogens is 2. The quantitative estimate of drug-likeness (QED) is 0.906. The second-order valence-electron chi connectivity index (χ2n) is 4.35. The minimum absolute atomic E-state index is 0.0649. The summed E-state index contributed by atoms with van der Waals surface area (Å²) in [6.45, 7) is 0.684. The molecule has 0 unspecified atom stereocenters. The topological polar surface area (TPSA) is 71.3 Å². The summed E-state index contributed by atoms with van der Waals surface area (Å²) < 4.78 is 5.56. The predicted octanol–water partition coefficient (Wildman–Crippen LogP) is 1.57. The number of rotatable bonds is 5. The molecule has 1 aromatic carbocycles. The number of benzene rings is 1. The molecule has 20 heavy (non-hydrogen) atoms. The standard InChI is InChI=1S/C13H15ClN4O2/c1-15-11(19)7-18(2)8-12-16-17-13(20-12)9-3-5-10(14)6-4-9/h3-6H,7-8H2,1-2H3,(H,15,19). The van der Waals surface area contributed by atoms with Gasteiger partial charge in [0.05, 0.1) is 13.1 Å². The zero-order valence-corrected chi connectivity index (χ0v) is 12.0. The van der Waals surface area contributed by atoms with Gasteiger partial charge in [-0.2, -0.15) is 0 Å². The van der Waals surface area contributed by atoms with E-state index >= 15 is 0 Å². The maximum absolute atomic E-state index is 11.2. The number of nitrogens with zero attached hydrogens (tertiary/aromatic N) is 3. The monoisotopic (exact) mass is 294 g/mol. The van der Waals surface area contributed by atoms with Gasteiger partial charge in [-0.25, -0.2) is 0 Å². The molecule has 0 aliphatic rings. The van der Waals surface area contributed by atoms with Gasteiger partial charge in [-0.15, -0.1) is 10.2 Å². The Hall–Kier alpha value is -1.92. The van der Waals surface area contributed by atoms with Gasteiger partial charge in [-0.05, 0) is 31.3 Å². The van der Waals surface area contributed by atoms with Gasteiger partial charge >= 0.3 is 0 Å². The summed E-state index contributed by atoms with van der Waals surface area (Å²) >= 11 is 5.82. The van der Waals surface area contributed by atoms with Crippen LogP contribution in [0.2, 0.25) is 5.02 Å². The van der Waals surface area contributed by atoms with Gasteiger partial charge < -0.3 is 9.73 Å². The Kier molecular flexibility index (Phi) is 4.70. The van der Waals surface area contributed by atoms with E-state index in [1.165, 1.54) is 0 Å². The lowest BCUT2D eigenvalue weighted by Gasteiger charge is -2.12. The summed E-state index contributed by atoms with van der Waals surface area (Å²) in [4.78, 5) is 13.0. The van der Waals surface area contributed by atoms with E-state index in [-0.39, 0.29) is 12.5 Å². The number of carbonyl (C=O) groups excluding carboxylic acids is 1. The highest BCUT2D eigenvalue weighted by molar-refractivity contribution is 6.30. The maximum atomic E-state index is 11.2. The molecule has 1 aromatic heterocycles. The first-order valence-corrected chi connectivity index (χ1v) is 6.43. The van der Waals surface area contributed by atoms with Crippen molar-refractivity contribution in [2.24, 2.45) is 0 Å². The molecule has 0 radical (unpaired) electrons. The number of hydrogen-bond acceptors (Lipinski definition) is 5. The molecule has 0 aliphatic heterocycles. The van der Waals surface area contributed by atoms with Gasteiger partial charge in [0.1, 0.15) is 0 Å².